The van der Waals surface area contributed by atoms with Gasteiger partial charge in [0.1, 0.15) is 0 Å². The molecule has 3 nitrogen and oxygen atoms in total. The molecule has 0 fully saturated rings. The first kappa shape index (κ1) is 15.9. The molecule has 110 valence electrons. The Bertz CT molecular complexity index is 666. The molecule has 0 radical (unpaired) electrons. The number of halogens is 1. The number of thioether (sulfide) groups is 1. The third-order valence-corrected chi connectivity index (χ3v) is 4.64. The summed E-state index contributed by atoms with van der Waals surface area (Å²) in [5.74, 6) is 0.967. The number of amidine groups is 1. The molecule has 21 heavy (non-hydrogen) atoms. The normalized spacial score (nSPS) is 11.7. The lowest BCUT2D eigenvalue weighted by molar-refractivity contribution is 0.318. The minimum Gasteiger partial charge on any atom is -0.409 e. The van der Waals surface area contributed by atoms with E-state index in [1.54, 1.807) is 11.8 Å². The summed E-state index contributed by atoms with van der Waals surface area (Å²) in [4.78, 5) is 0.993. The third-order valence-electron chi connectivity index (χ3n) is 3.00. The number of nitrogens with zero attached hydrogens (tertiary/aromatic N) is 1. The van der Waals surface area contributed by atoms with Crippen LogP contribution in [0.5, 0.6) is 0 Å². The van der Waals surface area contributed by atoms with Crippen LogP contribution in [0.2, 0.25) is 0 Å². The number of aryl methyl sites for hydroxylation is 2. The van der Waals surface area contributed by atoms with Crippen molar-refractivity contribution in [2.24, 2.45) is 10.9 Å². The van der Waals surface area contributed by atoms with E-state index in [1.807, 2.05) is 18.2 Å². The Morgan fingerprint density at radius 1 is 1.19 bits per heavy atom. The maximum atomic E-state index is 8.90. The average Bonchev–Trinajstić information content (AvgIpc) is 2.44. The van der Waals surface area contributed by atoms with E-state index >= 15 is 0 Å². The lowest BCUT2D eigenvalue weighted by Crippen LogP contribution is -2.14. The molecule has 2 aromatic carbocycles. The zero-order valence-corrected chi connectivity index (χ0v) is 14.3. The number of hydrogen-bond acceptors (Lipinski definition) is 3. The molecule has 3 N–H and O–H groups in total. The maximum Gasteiger partial charge on any atom is 0.171 e. The van der Waals surface area contributed by atoms with E-state index in [1.165, 1.54) is 16.7 Å². The van der Waals surface area contributed by atoms with Crippen LogP contribution >= 0.6 is 27.7 Å². The van der Waals surface area contributed by atoms with Crippen LogP contribution < -0.4 is 5.73 Å². The highest BCUT2D eigenvalue weighted by molar-refractivity contribution is 9.10. The number of oxime groups is 1. The number of nitrogens with two attached hydrogens (primary N) is 1. The highest BCUT2D eigenvalue weighted by Gasteiger charge is 2.09. The summed E-state index contributed by atoms with van der Waals surface area (Å²) in [6, 6.07) is 12.3. The van der Waals surface area contributed by atoms with Crippen LogP contribution in [0.3, 0.4) is 0 Å². The Morgan fingerprint density at radius 2 is 1.86 bits per heavy atom. The molecule has 0 spiro atoms. The first-order chi connectivity index (χ1) is 9.99. The predicted octanol–water partition coefficient (Wildman–Crippen LogP) is 4.45. The summed E-state index contributed by atoms with van der Waals surface area (Å²) in [7, 11) is 0. The molecular formula is C16H17BrN2OS. The second kappa shape index (κ2) is 7.00. The molecule has 0 aliphatic carbocycles. The van der Waals surface area contributed by atoms with E-state index in [2.05, 4.69) is 53.1 Å². The molecule has 0 aliphatic heterocycles. The van der Waals surface area contributed by atoms with E-state index in [9.17, 15) is 0 Å². The smallest absolute Gasteiger partial charge is 0.171 e. The summed E-state index contributed by atoms with van der Waals surface area (Å²) in [6.45, 7) is 4.20. The average molecular weight is 365 g/mol. The molecular weight excluding hydrogens is 348 g/mol. The Hall–Kier alpha value is -1.46. The topological polar surface area (TPSA) is 58.6 Å². The lowest BCUT2D eigenvalue weighted by Gasteiger charge is -2.10. The molecule has 0 saturated carbocycles. The Morgan fingerprint density at radius 3 is 2.48 bits per heavy atom. The Balaban J connectivity index is 2.23. The number of rotatable bonds is 4. The highest BCUT2D eigenvalue weighted by atomic mass is 79.9. The second-order valence-electron chi connectivity index (χ2n) is 4.91. The highest BCUT2D eigenvalue weighted by Crippen LogP contribution is 2.29. The first-order valence-electron chi connectivity index (χ1n) is 6.47. The maximum absolute atomic E-state index is 8.90. The summed E-state index contributed by atoms with van der Waals surface area (Å²) in [6.07, 6.45) is 0. The molecule has 0 saturated heterocycles. The number of hydrogen-bond donors (Lipinski definition) is 2. The van der Waals surface area contributed by atoms with Gasteiger partial charge in [-0.3, -0.25) is 0 Å². The molecule has 0 bridgehead atoms. The standard InChI is InChI=1S/C16H17BrN2OS/c1-10-5-11(2)7-12(6-10)9-21-15-4-3-13(17)8-14(15)16(18)19-20/h3-8,20H,9H2,1-2H3,(H2,18,19). The van der Waals surface area contributed by atoms with Gasteiger partial charge in [-0.1, -0.05) is 50.4 Å². The first-order valence-corrected chi connectivity index (χ1v) is 8.25. The van der Waals surface area contributed by atoms with E-state index < -0.39 is 0 Å². The fourth-order valence-electron chi connectivity index (χ4n) is 2.20. The van der Waals surface area contributed by atoms with Gasteiger partial charge in [-0.15, -0.1) is 11.8 Å². The van der Waals surface area contributed by atoms with E-state index in [0.717, 1.165) is 20.7 Å². The molecule has 0 unspecified atom stereocenters. The van der Waals surface area contributed by atoms with Crippen molar-refractivity contribution in [3.05, 3.63) is 63.1 Å². The summed E-state index contributed by atoms with van der Waals surface area (Å²) in [5.41, 5.74) is 10.3. The summed E-state index contributed by atoms with van der Waals surface area (Å²) < 4.78 is 0.903. The van der Waals surface area contributed by atoms with Gasteiger partial charge >= 0.3 is 0 Å². The SMILES string of the molecule is Cc1cc(C)cc(CSc2ccc(Br)cc2/C(N)=N/O)c1. The van der Waals surface area contributed by atoms with Crippen LogP contribution in [0.15, 0.2) is 50.9 Å². The van der Waals surface area contributed by atoms with Gasteiger partial charge in [0, 0.05) is 20.7 Å². The van der Waals surface area contributed by atoms with Crippen LogP contribution in [-0.2, 0) is 5.75 Å². The van der Waals surface area contributed by atoms with Crippen molar-refractivity contribution in [1.82, 2.24) is 0 Å². The van der Waals surface area contributed by atoms with Crippen molar-refractivity contribution in [3.63, 3.8) is 0 Å². The van der Waals surface area contributed by atoms with E-state index in [0.29, 0.717) is 0 Å². The van der Waals surface area contributed by atoms with Gasteiger partial charge in [0.05, 0.1) is 0 Å². The van der Waals surface area contributed by atoms with Gasteiger partial charge in [-0.05, 0) is 37.6 Å². The van der Waals surface area contributed by atoms with Crippen LogP contribution in [0.25, 0.3) is 0 Å². The molecule has 0 amide bonds. The van der Waals surface area contributed by atoms with Gasteiger partial charge in [0.2, 0.25) is 0 Å². The quantitative estimate of drug-likeness (QED) is 0.277. The Labute approximate surface area is 137 Å². The van der Waals surface area contributed by atoms with Gasteiger partial charge in [-0.2, -0.15) is 0 Å². The summed E-state index contributed by atoms with van der Waals surface area (Å²) >= 11 is 5.08. The monoisotopic (exact) mass is 364 g/mol. The largest absolute Gasteiger partial charge is 0.409 e. The lowest BCUT2D eigenvalue weighted by atomic mass is 10.1. The van der Waals surface area contributed by atoms with Gasteiger partial charge in [0.15, 0.2) is 5.84 Å². The van der Waals surface area contributed by atoms with Gasteiger partial charge < -0.3 is 10.9 Å². The molecule has 0 atom stereocenters. The van der Waals surface area contributed by atoms with E-state index in [-0.39, 0.29) is 5.84 Å². The minimum atomic E-state index is 0.124. The van der Waals surface area contributed by atoms with Crippen molar-refractivity contribution in [1.29, 1.82) is 0 Å². The van der Waals surface area contributed by atoms with Crippen molar-refractivity contribution in [3.8, 4) is 0 Å². The third kappa shape index (κ3) is 4.25. The zero-order valence-electron chi connectivity index (χ0n) is 11.9. The molecule has 2 aromatic rings. The fourth-order valence-corrected chi connectivity index (χ4v) is 3.53. The minimum absolute atomic E-state index is 0.124. The molecule has 0 heterocycles. The zero-order chi connectivity index (χ0) is 15.4. The van der Waals surface area contributed by atoms with Crippen molar-refractivity contribution < 1.29 is 5.21 Å². The van der Waals surface area contributed by atoms with Gasteiger partial charge in [0.25, 0.3) is 0 Å². The van der Waals surface area contributed by atoms with E-state index in [4.69, 9.17) is 10.9 Å². The van der Waals surface area contributed by atoms with Crippen LogP contribution in [0.4, 0.5) is 0 Å². The van der Waals surface area contributed by atoms with Crippen molar-refractivity contribution in [2.45, 2.75) is 24.5 Å². The summed E-state index contributed by atoms with van der Waals surface area (Å²) in [5, 5.41) is 12.0. The van der Waals surface area contributed by atoms with Crippen molar-refractivity contribution in [2.75, 3.05) is 0 Å². The fraction of sp³-hybridized carbons (Fsp3) is 0.188. The van der Waals surface area contributed by atoms with Gasteiger partial charge in [-0.25, -0.2) is 0 Å². The molecule has 5 heteroatoms. The van der Waals surface area contributed by atoms with Crippen LogP contribution in [0, 0.1) is 13.8 Å². The molecule has 0 aromatic heterocycles. The number of benzene rings is 2. The second-order valence-corrected chi connectivity index (χ2v) is 6.84. The van der Waals surface area contributed by atoms with Crippen LogP contribution in [-0.4, -0.2) is 11.0 Å². The molecule has 2 rings (SSSR count). The predicted molar refractivity (Wildman–Crippen MR) is 92.1 cm³/mol. The molecule has 0 aliphatic rings. The Kier molecular flexibility index (Phi) is 5.31. The van der Waals surface area contributed by atoms with Crippen LogP contribution in [0.1, 0.15) is 22.3 Å². The van der Waals surface area contributed by atoms with Crippen molar-refractivity contribution >= 4 is 33.5 Å².